The number of halogens is 1. The lowest BCUT2D eigenvalue weighted by Crippen LogP contribution is -2.38. The molecule has 1 atom stereocenters. The van der Waals surface area contributed by atoms with Crippen LogP contribution in [0.15, 0.2) is 29.2 Å². The lowest BCUT2D eigenvalue weighted by molar-refractivity contribution is 0.496. The molecule has 1 aliphatic rings. The second-order valence-electron chi connectivity index (χ2n) is 3.97. The third-order valence-corrected chi connectivity index (χ3v) is 5.04. The molecule has 5 heteroatoms. The Morgan fingerprint density at radius 1 is 1.25 bits per heavy atom. The van der Waals surface area contributed by atoms with Crippen LogP contribution in [0.2, 0.25) is 0 Å². The van der Waals surface area contributed by atoms with Gasteiger partial charge in [0.2, 0.25) is 0 Å². The van der Waals surface area contributed by atoms with E-state index in [1.165, 1.54) is 24.3 Å². The Balaban J connectivity index is 2.27. The standard InChI is InChI=1S/C11H14FNO2S/c12-9-3-5-10(6-4-9)16(14,15)11-2-1-7-13-8-11/h3-6,11,13H,1-2,7-8H2. The normalized spacial score (nSPS) is 21.9. The summed E-state index contributed by atoms with van der Waals surface area (Å²) in [7, 11) is -3.31. The zero-order chi connectivity index (χ0) is 11.6. The van der Waals surface area contributed by atoms with Gasteiger partial charge in [0, 0.05) is 6.54 Å². The van der Waals surface area contributed by atoms with Crippen molar-refractivity contribution in [2.24, 2.45) is 0 Å². The van der Waals surface area contributed by atoms with Crippen molar-refractivity contribution in [2.45, 2.75) is 23.0 Å². The minimum absolute atomic E-state index is 0.211. The Morgan fingerprint density at radius 3 is 2.50 bits per heavy atom. The number of sulfone groups is 1. The van der Waals surface area contributed by atoms with Crippen molar-refractivity contribution in [2.75, 3.05) is 13.1 Å². The molecule has 0 aliphatic carbocycles. The molecule has 0 radical (unpaired) electrons. The Labute approximate surface area is 94.6 Å². The number of nitrogens with one attached hydrogen (secondary N) is 1. The summed E-state index contributed by atoms with van der Waals surface area (Å²) in [5, 5.41) is 2.69. The molecular formula is C11H14FNO2S. The predicted molar refractivity (Wildman–Crippen MR) is 59.5 cm³/mol. The molecule has 1 heterocycles. The SMILES string of the molecule is O=S(=O)(c1ccc(F)cc1)C1CCCNC1. The monoisotopic (exact) mass is 243 g/mol. The largest absolute Gasteiger partial charge is 0.315 e. The van der Waals surface area contributed by atoms with Gasteiger partial charge in [0.1, 0.15) is 5.82 Å². The van der Waals surface area contributed by atoms with Crippen molar-refractivity contribution in [1.82, 2.24) is 5.32 Å². The fraction of sp³-hybridized carbons (Fsp3) is 0.455. The number of hydrogen-bond acceptors (Lipinski definition) is 3. The van der Waals surface area contributed by atoms with Crippen molar-refractivity contribution in [3.05, 3.63) is 30.1 Å². The van der Waals surface area contributed by atoms with Crippen molar-refractivity contribution in [3.8, 4) is 0 Å². The van der Waals surface area contributed by atoms with Crippen LogP contribution in [0.4, 0.5) is 4.39 Å². The summed E-state index contributed by atoms with van der Waals surface area (Å²) in [6.07, 6.45) is 1.54. The van der Waals surface area contributed by atoms with E-state index in [1.54, 1.807) is 0 Å². The van der Waals surface area contributed by atoms with Crippen LogP contribution in [0.3, 0.4) is 0 Å². The zero-order valence-corrected chi connectivity index (χ0v) is 9.63. The van der Waals surface area contributed by atoms with Crippen molar-refractivity contribution in [1.29, 1.82) is 0 Å². The van der Waals surface area contributed by atoms with Gasteiger partial charge in [-0.25, -0.2) is 12.8 Å². The number of rotatable bonds is 2. The van der Waals surface area contributed by atoms with Gasteiger partial charge in [-0.15, -0.1) is 0 Å². The van der Waals surface area contributed by atoms with E-state index in [-0.39, 0.29) is 10.1 Å². The van der Waals surface area contributed by atoms with Crippen LogP contribution in [0.5, 0.6) is 0 Å². The molecule has 1 fully saturated rings. The Hall–Kier alpha value is -0.940. The van der Waals surface area contributed by atoms with Gasteiger partial charge in [-0.3, -0.25) is 0 Å². The highest BCUT2D eigenvalue weighted by Gasteiger charge is 2.28. The highest BCUT2D eigenvalue weighted by Crippen LogP contribution is 2.21. The lowest BCUT2D eigenvalue weighted by atomic mass is 10.2. The quantitative estimate of drug-likeness (QED) is 0.798. The van der Waals surface area contributed by atoms with Crippen molar-refractivity contribution < 1.29 is 12.8 Å². The second kappa shape index (κ2) is 4.51. The highest BCUT2D eigenvalue weighted by atomic mass is 32.2. The van der Waals surface area contributed by atoms with Gasteiger partial charge < -0.3 is 5.32 Å². The van der Waals surface area contributed by atoms with Crippen LogP contribution >= 0.6 is 0 Å². The predicted octanol–water partition coefficient (Wildman–Crippen LogP) is 1.35. The third kappa shape index (κ3) is 2.25. The molecule has 0 aromatic heterocycles. The first-order chi connectivity index (χ1) is 7.60. The molecule has 1 aromatic carbocycles. The molecule has 1 saturated heterocycles. The first-order valence-corrected chi connectivity index (χ1v) is 6.85. The van der Waals surface area contributed by atoms with Crippen molar-refractivity contribution in [3.63, 3.8) is 0 Å². The maximum absolute atomic E-state index is 12.7. The summed E-state index contributed by atoms with van der Waals surface area (Å²) in [6, 6.07) is 5.03. The topological polar surface area (TPSA) is 46.2 Å². The highest BCUT2D eigenvalue weighted by molar-refractivity contribution is 7.92. The zero-order valence-electron chi connectivity index (χ0n) is 8.82. The molecule has 1 aliphatic heterocycles. The molecule has 88 valence electrons. The first kappa shape index (κ1) is 11.5. The third-order valence-electron chi connectivity index (χ3n) is 2.83. The van der Waals surface area contributed by atoms with E-state index in [9.17, 15) is 12.8 Å². The van der Waals surface area contributed by atoms with Gasteiger partial charge in [-0.1, -0.05) is 0 Å². The van der Waals surface area contributed by atoms with Gasteiger partial charge in [-0.2, -0.15) is 0 Å². The molecule has 0 spiro atoms. The van der Waals surface area contributed by atoms with Gasteiger partial charge >= 0.3 is 0 Å². The summed E-state index contributed by atoms with van der Waals surface area (Å²) < 4.78 is 37.0. The molecule has 0 bridgehead atoms. The van der Waals surface area contributed by atoms with Gasteiger partial charge in [0.25, 0.3) is 0 Å². The number of benzene rings is 1. The second-order valence-corrected chi connectivity index (χ2v) is 6.20. The molecular weight excluding hydrogens is 229 g/mol. The molecule has 0 saturated carbocycles. The van der Waals surface area contributed by atoms with E-state index in [1.807, 2.05) is 0 Å². The van der Waals surface area contributed by atoms with Gasteiger partial charge in [-0.05, 0) is 43.7 Å². The van der Waals surface area contributed by atoms with E-state index >= 15 is 0 Å². The number of piperidine rings is 1. The fourth-order valence-electron chi connectivity index (χ4n) is 1.90. The van der Waals surface area contributed by atoms with E-state index < -0.39 is 15.7 Å². The van der Waals surface area contributed by atoms with Crippen LogP contribution < -0.4 is 5.32 Å². The average Bonchev–Trinajstić information content (AvgIpc) is 2.31. The molecule has 2 rings (SSSR count). The summed E-state index contributed by atoms with van der Waals surface area (Å²) in [5.74, 6) is -0.416. The minimum atomic E-state index is -3.31. The molecule has 1 aromatic rings. The summed E-state index contributed by atoms with van der Waals surface area (Å²) >= 11 is 0. The van der Waals surface area contributed by atoms with Crippen LogP contribution in [0.1, 0.15) is 12.8 Å². The number of hydrogen-bond donors (Lipinski definition) is 1. The van der Waals surface area contributed by atoms with Crippen LogP contribution in [-0.4, -0.2) is 26.8 Å². The van der Waals surface area contributed by atoms with Gasteiger partial charge in [0.15, 0.2) is 9.84 Å². The molecule has 16 heavy (non-hydrogen) atoms. The van der Waals surface area contributed by atoms with E-state index in [0.29, 0.717) is 13.0 Å². The van der Waals surface area contributed by atoms with Crippen LogP contribution in [0, 0.1) is 5.82 Å². The molecule has 1 unspecified atom stereocenters. The Kier molecular flexibility index (Phi) is 3.25. The summed E-state index contributed by atoms with van der Waals surface area (Å²) in [6.45, 7) is 1.36. The van der Waals surface area contributed by atoms with Gasteiger partial charge in [0.05, 0.1) is 10.1 Å². The van der Waals surface area contributed by atoms with Crippen molar-refractivity contribution >= 4 is 9.84 Å². The smallest absolute Gasteiger partial charge is 0.182 e. The molecule has 0 amide bonds. The summed E-state index contributed by atoms with van der Waals surface area (Å²) in [4.78, 5) is 0.211. The fourth-order valence-corrected chi connectivity index (χ4v) is 3.62. The van der Waals surface area contributed by atoms with E-state index in [4.69, 9.17) is 0 Å². The lowest BCUT2D eigenvalue weighted by Gasteiger charge is -2.22. The van der Waals surface area contributed by atoms with Crippen LogP contribution in [-0.2, 0) is 9.84 Å². The average molecular weight is 243 g/mol. The molecule has 3 nitrogen and oxygen atoms in total. The van der Waals surface area contributed by atoms with E-state index in [0.717, 1.165) is 13.0 Å². The van der Waals surface area contributed by atoms with E-state index in [2.05, 4.69) is 5.32 Å². The summed E-state index contributed by atoms with van der Waals surface area (Å²) in [5.41, 5.74) is 0. The Morgan fingerprint density at radius 2 is 1.94 bits per heavy atom. The maximum atomic E-state index is 12.7. The maximum Gasteiger partial charge on any atom is 0.182 e. The Bertz CT molecular complexity index is 449. The van der Waals surface area contributed by atoms with Crippen LogP contribution in [0.25, 0.3) is 0 Å². The first-order valence-electron chi connectivity index (χ1n) is 5.31. The minimum Gasteiger partial charge on any atom is -0.315 e. The molecule has 1 N–H and O–H groups in total.